The molecular weight excluding hydrogens is 503 g/mol. The second kappa shape index (κ2) is 9.63. The maximum atomic E-state index is 12.3. The first-order valence-corrected chi connectivity index (χ1v) is 11.4. The van der Waals surface area contributed by atoms with E-state index in [0.29, 0.717) is 38.6 Å². The Morgan fingerprint density at radius 3 is 2.48 bits per heavy atom. The number of nitrogens with zero attached hydrogens (tertiary/aromatic N) is 3. The fourth-order valence-corrected chi connectivity index (χ4v) is 5.16. The van der Waals surface area contributed by atoms with Crippen LogP contribution in [0.2, 0.25) is 0 Å². The Morgan fingerprint density at radius 1 is 1.21 bits per heavy atom. The van der Waals surface area contributed by atoms with Crippen LogP contribution in [0.4, 0.5) is 0 Å². The molecule has 0 atom stereocenters. The minimum Gasteiger partial charge on any atom is -0.352 e. The molecule has 0 bridgehead atoms. The maximum absolute atomic E-state index is 12.3. The zero-order valence-corrected chi connectivity index (χ0v) is 20.5. The molecule has 0 saturated carbocycles. The number of aliphatic imine (C=N–C) groups is 1. The van der Waals surface area contributed by atoms with Crippen molar-refractivity contribution in [3.8, 4) is 0 Å². The van der Waals surface area contributed by atoms with Gasteiger partial charge in [-0.2, -0.15) is 0 Å². The topological polar surface area (TPSA) is 82.1 Å². The van der Waals surface area contributed by atoms with Gasteiger partial charge in [-0.05, 0) is 31.4 Å². The molecule has 2 saturated heterocycles. The molecular formula is C20H31IN4O3S. The molecule has 0 aromatic heterocycles. The zero-order chi connectivity index (χ0) is 20.4. The minimum absolute atomic E-state index is 0. The average molecular weight is 534 g/mol. The lowest BCUT2D eigenvalue weighted by atomic mass is 10.1. The molecule has 2 heterocycles. The number of carbonyl (C=O) groups is 1. The smallest absolute Gasteiger partial charge is 0.222 e. The van der Waals surface area contributed by atoms with Gasteiger partial charge in [-0.3, -0.25) is 9.79 Å². The summed E-state index contributed by atoms with van der Waals surface area (Å²) in [5.41, 5.74) is 2.24. The molecule has 29 heavy (non-hydrogen) atoms. The number of guanidine groups is 1. The highest BCUT2D eigenvalue weighted by atomic mass is 127. The molecule has 2 fully saturated rings. The minimum atomic E-state index is -3.09. The van der Waals surface area contributed by atoms with Gasteiger partial charge in [0.25, 0.3) is 0 Å². The van der Waals surface area contributed by atoms with E-state index in [0.717, 1.165) is 24.1 Å². The van der Waals surface area contributed by atoms with Crippen molar-refractivity contribution in [3.63, 3.8) is 0 Å². The van der Waals surface area contributed by atoms with Gasteiger partial charge in [0.1, 0.15) is 0 Å². The molecule has 162 valence electrons. The molecule has 1 aromatic rings. The van der Waals surface area contributed by atoms with E-state index < -0.39 is 14.6 Å². The largest absolute Gasteiger partial charge is 0.352 e. The standard InChI is InChI=1S/C20H30N4O3S.HI/c1-20(2)15-24(11-12-28(20,26)27)19(21-3)22-13-16-7-4-5-8-17(16)14-23-10-6-9-18(23)25;/h4-5,7-8H,6,9-15H2,1-3H3,(H,21,22);1H. The molecule has 0 unspecified atom stereocenters. The third-order valence-corrected chi connectivity index (χ3v) is 8.18. The van der Waals surface area contributed by atoms with Crippen LogP contribution in [0.15, 0.2) is 29.3 Å². The van der Waals surface area contributed by atoms with Crippen LogP contribution in [0, 0.1) is 0 Å². The van der Waals surface area contributed by atoms with E-state index >= 15 is 0 Å². The van der Waals surface area contributed by atoms with Crippen molar-refractivity contribution in [2.45, 2.75) is 44.5 Å². The maximum Gasteiger partial charge on any atom is 0.222 e. The quantitative estimate of drug-likeness (QED) is 0.363. The predicted octanol–water partition coefficient (Wildman–Crippen LogP) is 2.01. The van der Waals surface area contributed by atoms with Crippen LogP contribution < -0.4 is 5.32 Å². The van der Waals surface area contributed by atoms with Crippen molar-refractivity contribution in [2.75, 3.05) is 32.4 Å². The second-order valence-corrected chi connectivity index (χ2v) is 10.8. The van der Waals surface area contributed by atoms with E-state index in [4.69, 9.17) is 0 Å². The number of halogens is 1. The number of amides is 1. The summed E-state index contributed by atoms with van der Waals surface area (Å²) in [6, 6.07) is 8.10. The molecule has 7 nitrogen and oxygen atoms in total. The van der Waals surface area contributed by atoms with E-state index in [1.165, 1.54) is 0 Å². The Kier molecular flexibility index (Phi) is 7.94. The van der Waals surface area contributed by atoms with Crippen LogP contribution in [0.5, 0.6) is 0 Å². The predicted molar refractivity (Wildman–Crippen MR) is 126 cm³/mol. The van der Waals surface area contributed by atoms with Gasteiger partial charge in [0.2, 0.25) is 5.91 Å². The van der Waals surface area contributed by atoms with Crippen LogP contribution in [0.1, 0.15) is 37.8 Å². The summed E-state index contributed by atoms with van der Waals surface area (Å²) in [5.74, 6) is 1.05. The van der Waals surface area contributed by atoms with Crippen molar-refractivity contribution in [1.29, 1.82) is 0 Å². The molecule has 0 aliphatic carbocycles. The van der Waals surface area contributed by atoms with Crippen molar-refractivity contribution in [3.05, 3.63) is 35.4 Å². The summed E-state index contributed by atoms with van der Waals surface area (Å²) in [4.78, 5) is 20.2. The number of carbonyl (C=O) groups excluding carboxylic acids is 1. The number of rotatable bonds is 4. The molecule has 9 heteroatoms. The lowest BCUT2D eigenvalue weighted by Crippen LogP contribution is -2.57. The van der Waals surface area contributed by atoms with Crippen LogP contribution in [-0.2, 0) is 27.7 Å². The Balaban J connectivity index is 0.00000300. The zero-order valence-electron chi connectivity index (χ0n) is 17.3. The molecule has 1 N–H and O–H groups in total. The highest BCUT2D eigenvalue weighted by Crippen LogP contribution is 2.24. The Hall–Kier alpha value is -1.36. The fraction of sp³-hybridized carbons (Fsp3) is 0.600. The number of sulfone groups is 1. The lowest BCUT2D eigenvalue weighted by Gasteiger charge is -2.39. The van der Waals surface area contributed by atoms with Crippen LogP contribution in [0.3, 0.4) is 0 Å². The van der Waals surface area contributed by atoms with Crippen molar-refractivity contribution >= 4 is 45.7 Å². The Labute approximate surface area is 190 Å². The fourth-order valence-electron chi connectivity index (χ4n) is 3.79. The summed E-state index contributed by atoms with van der Waals surface area (Å²) < 4.78 is 23.7. The summed E-state index contributed by atoms with van der Waals surface area (Å²) in [6.45, 7) is 6.42. The first-order chi connectivity index (χ1) is 13.2. The third-order valence-electron chi connectivity index (χ3n) is 5.64. The van der Waals surface area contributed by atoms with Gasteiger partial charge in [0, 0.05) is 46.2 Å². The number of hydrogen-bond donors (Lipinski definition) is 1. The Morgan fingerprint density at radius 2 is 1.90 bits per heavy atom. The first-order valence-electron chi connectivity index (χ1n) is 9.76. The molecule has 2 aliphatic rings. The van der Waals surface area contributed by atoms with Gasteiger partial charge in [-0.25, -0.2) is 8.42 Å². The first kappa shape index (κ1) is 23.9. The summed E-state index contributed by atoms with van der Waals surface area (Å²) in [5, 5.41) is 3.37. The molecule has 1 amide bonds. The Bertz CT molecular complexity index is 870. The van der Waals surface area contributed by atoms with E-state index in [1.807, 2.05) is 21.9 Å². The van der Waals surface area contributed by atoms with Gasteiger partial charge in [-0.1, -0.05) is 24.3 Å². The SMILES string of the molecule is CN=C(NCc1ccccc1CN1CCCC1=O)N1CCS(=O)(=O)C(C)(C)C1.I. The molecule has 0 spiro atoms. The van der Waals surface area contributed by atoms with Crippen LogP contribution in [0.25, 0.3) is 0 Å². The summed E-state index contributed by atoms with van der Waals surface area (Å²) in [7, 11) is -1.37. The van der Waals surface area contributed by atoms with Gasteiger partial charge < -0.3 is 15.1 Å². The van der Waals surface area contributed by atoms with E-state index in [2.05, 4.69) is 22.4 Å². The average Bonchev–Trinajstić information content (AvgIpc) is 3.04. The van der Waals surface area contributed by atoms with Crippen molar-refractivity contribution in [1.82, 2.24) is 15.1 Å². The van der Waals surface area contributed by atoms with Gasteiger partial charge in [0.05, 0.1) is 10.5 Å². The van der Waals surface area contributed by atoms with Crippen molar-refractivity contribution < 1.29 is 13.2 Å². The van der Waals surface area contributed by atoms with Crippen LogP contribution >= 0.6 is 24.0 Å². The van der Waals surface area contributed by atoms with E-state index in [1.54, 1.807) is 20.9 Å². The van der Waals surface area contributed by atoms with E-state index in [-0.39, 0.29) is 35.6 Å². The summed E-state index contributed by atoms with van der Waals surface area (Å²) >= 11 is 0. The van der Waals surface area contributed by atoms with Gasteiger partial charge in [0.15, 0.2) is 15.8 Å². The highest BCUT2D eigenvalue weighted by Gasteiger charge is 2.40. The number of likely N-dealkylation sites (tertiary alicyclic amines) is 1. The van der Waals surface area contributed by atoms with Gasteiger partial charge >= 0.3 is 0 Å². The second-order valence-electron chi connectivity index (χ2n) is 8.09. The van der Waals surface area contributed by atoms with E-state index in [9.17, 15) is 13.2 Å². The monoisotopic (exact) mass is 534 g/mol. The van der Waals surface area contributed by atoms with Gasteiger partial charge in [-0.15, -0.1) is 24.0 Å². The number of nitrogens with one attached hydrogen (secondary N) is 1. The molecule has 2 aliphatic heterocycles. The number of hydrogen-bond acceptors (Lipinski definition) is 4. The third kappa shape index (κ3) is 5.42. The number of benzene rings is 1. The molecule has 0 radical (unpaired) electrons. The molecule has 3 rings (SSSR count). The van der Waals surface area contributed by atoms with Crippen LogP contribution in [-0.4, -0.2) is 67.3 Å². The summed E-state index contributed by atoms with van der Waals surface area (Å²) in [6.07, 6.45) is 1.57. The molecule has 1 aromatic carbocycles. The highest BCUT2D eigenvalue weighted by molar-refractivity contribution is 14.0. The normalized spacial score (nSPS) is 21.1. The van der Waals surface area contributed by atoms with Crippen molar-refractivity contribution in [2.24, 2.45) is 4.99 Å². The lowest BCUT2D eigenvalue weighted by molar-refractivity contribution is -0.128.